The van der Waals surface area contributed by atoms with Crippen molar-refractivity contribution < 1.29 is 0 Å². The Morgan fingerprint density at radius 3 is 3.17 bits per heavy atom. The zero-order chi connectivity index (χ0) is 8.55. The second kappa shape index (κ2) is 2.30. The fraction of sp³-hybridized carbons (Fsp3) is 0. The molecule has 0 bridgehead atoms. The van der Waals surface area contributed by atoms with Gasteiger partial charge in [-0.1, -0.05) is 0 Å². The fourth-order valence-corrected chi connectivity index (χ4v) is 0.935. The number of nitrogen functional groups attached to an aromatic ring is 1. The van der Waals surface area contributed by atoms with Crippen LogP contribution >= 0.6 is 0 Å². The van der Waals surface area contributed by atoms with Gasteiger partial charge in [-0.05, 0) is 12.1 Å². The molecule has 12 heavy (non-hydrogen) atoms. The van der Waals surface area contributed by atoms with Gasteiger partial charge >= 0.3 is 0 Å². The predicted octanol–water partition coefficient (Wildman–Crippen LogP) is -0.0997. The van der Waals surface area contributed by atoms with Crippen LogP contribution in [0.15, 0.2) is 23.1 Å². The Morgan fingerprint density at radius 2 is 2.33 bits per heavy atom. The highest BCUT2D eigenvalue weighted by molar-refractivity contribution is 5.70. The summed E-state index contributed by atoms with van der Waals surface area (Å²) in [6.45, 7) is 0. The van der Waals surface area contributed by atoms with Crippen LogP contribution in [-0.4, -0.2) is 15.0 Å². The van der Waals surface area contributed by atoms with E-state index in [-0.39, 0.29) is 5.82 Å². The number of nitrogens with two attached hydrogens (primary N) is 1. The molecule has 0 amide bonds. The largest absolute Gasteiger partial charge is 0.379 e. The summed E-state index contributed by atoms with van der Waals surface area (Å²) in [5.41, 5.74) is 5.95. The highest BCUT2D eigenvalue weighted by Gasteiger charge is 1.99. The number of aromatic nitrogens is 3. The van der Waals surface area contributed by atoms with Crippen molar-refractivity contribution in [1.29, 1.82) is 0 Å². The zero-order valence-corrected chi connectivity index (χ0v) is 6.11. The molecule has 0 spiro atoms. The summed E-state index contributed by atoms with van der Waals surface area (Å²) in [6, 6.07) is 3.46. The lowest BCUT2D eigenvalue weighted by Gasteiger charge is -1.95. The van der Waals surface area contributed by atoms with Crippen molar-refractivity contribution in [2.45, 2.75) is 0 Å². The average Bonchev–Trinajstić information content (AvgIpc) is 2.07. The van der Waals surface area contributed by atoms with E-state index in [1.54, 1.807) is 18.3 Å². The van der Waals surface area contributed by atoms with Crippen LogP contribution in [0.25, 0.3) is 11.2 Å². The number of hydrogen-bond donors (Lipinski definition) is 2. The van der Waals surface area contributed by atoms with E-state index in [1.807, 2.05) is 0 Å². The third kappa shape index (κ3) is 0.914. The van der Waals surface area contributed by atoms with Crippen molar-refractivity contribution >= 4 is 17.0 Å². The van der Waals surface area contributed by atoms with Gasteiger partial charge in [-0.2, -0.15) is 0 Å². The van der Waals surface area contributed by atoms with E-state index in [2.05, 4.69) is 15.0 Å². The molecule has 0 fully saturated rings. The van der Waals surface area contributed by atoms with E-state index in [0.29, 0.717) is 11.2 Å². The van der Waals surface area contributed by atoms with Crippen molar-refractivity contribution in [2.75, 3.05) is 5.73 Å². The molecule has 2 rings (SSSR count). The average molecular weight is 162 g/mol. The first-order valence-electron chi connectivity index (χ1n) is 3.38. The van der Waals surface area contributed by atoms with Gasteiger partial charge in [0.15, 0.2) is 11.5 Å². The van der Waals surface area contributed by atoms with Crippen LogP contribution in [0.4, 0.5) is 5.82 Å². The van der Waals surface area contributed by atoms with Gasteiger partial charge in [0.1, 0.15) is 5.52 Å². The third-order valence-electron chi connectivity index (χ3n) is 1.49. The molecule has 0 saturated carbocycles. The minimum Gasteiger partial charge on any atom is -0.379 e. The monoisotopic (exact) mass is 162 g/mol. The molecule has 3 N–H and O–H groups in total. The van der Waals surface area contributed by atoms with E-state index in [1.165, 1.54) is 0 Å². The van der Waals surface area contributed by atoms with Crippen LogP contribution in [0.5, 0.6) is 0 Å². The van der Waals surface area contributed by atoms with Crippen LogP contribution in [0.3, 0.4) is 0 Å². The molecule has 0 aromatic carbocycles. The molecule has 5 nitrogen and oxygen atoms in total. The van der Waals surface area contributed by atoms with Gasteiger partial charge in [0, 0.05) is 6.20 Å². The van der Waals surface area contributed by atoms with Crippen LogP contribution < -0.4 is 11.3 Å². The first kappa shape index (κ1) is 6.78. The summed E-state index contributed by atoms with van der Waals surface area (Å²) >= 11 is 0. The third-order valence-corrected chi connectivity index (χ3v) is 1.49. The first-order valence-corrected chi connectivity index (χ1v) is 3.38. The topological polar surface area (TPSA) is 84.7 Å². The summed E-state index contributed by atoms with van der Waals surface area (Å²) < 4.78 is 0. The molecular formula is C7H6N4O. The summed E-state index contributed by atoms with van der Waals surface area (Å²) in [6.07, 6.45) is 1.58. The predicted molar refractivity (Wildman–Crippen MR) is 44.6 cm³/mol. The Hall–Kier alpha value is -1.91. The Balaban J connectivity index is 2.93. The van der Waals surface area contributed by atoms with E-state index in [4.69, 9.17) is 5.73 Å². The zero-order valence-electron chi connectivity index (χ0n) is 6.11. The Morgan fingerprint density at radius 1 is 1.50 bits per heavy atom. The molecule has 0 aliphatic rings. The number of hydrogen-bond acceptors (Lipinski definition) is 4. The molecule has 0 aliphatic carbocycles. The van der Waals surface area contributed by atoms with Gasteiger partial charge in [-0.3, -0.25) is 4.79 Å². The summed E-state index contributed by atoms with van der Waals surface area (Å²) in [7, 11) is 0. The molecule has 60 valence electrons. The van der Waals surface area contributed by atoms with E-state index < -0.39 is 5.56 Å². The Bertz CT molecular complexity index is 476. The molecule has 2 heterocycles. The van der Waals surface area contributed by atoms with E-state index in [9.17, 15) is 4.79 Å². The summed E-state index contributed by atoms with van der Waals surface area (Å²) in [5.74, 6) is -0.0319. The number of anilines is 1. The number of nitrogens with one attached hydrogen (secondary N) is 1. The maximum absolute atomic E-state index is 10.9. The Kier molecular flexibility index (Phi) is 1.30. The van der Waals surface area contributed by atoms with Gasteiger partial charge in [0.25, 0.3) is 5.56 Å². The van der Waals surface area contributed by atoms with Crippen LogP contribution in [0.2, 0.25) is 0 Å². The molecule has 0 atom stereocenters. The molecular weight excluding hydrogens is 156 g/mol. The van der Waals surface area contributed by atoms with Crippen LogP contribution in [-0.2, 0) is 0 Å². The lowest BCUT2D eigenvalue weighted by molar-refractivity contribution is 1.18. The van der Waals surface area contributed by atoms with Crippen molar-refractivity contribution in [3.8, 4) is 0 Å². The lowest BCUT2D eigenvalue weighted by atomic mass is 10.4. The highest BCUT2D eigenvalue weighted by atomic mass is 16.1. The maximum Gasteiger partial charge on any atom is 0.292 e. The number of pyridine rings is 1. The summed E-state index contributed by atoms with van der Waals surface area (Å²) in [5, 5.41) is 0. The normalized spacial score (nSPS) is 10.3. The van der Waals surface area contributed by atoms with Gasteiger partial charge in [-0.15, -0.1) is 0 Å². The number of rotatable bonds is 0. The number of nitrogens with zero attached hydrogens (tertiary/aromatic N) is 2. The minimum atomic E-state index is -0.402. The fourth-order valence-electron chi connectivity index (χ4n) is 0.935. The van der Waals surface area contributed by atoms with Crippen molar-refractivity contribution in [3.05, 3.63) is 28.7 Å². The van der Waals surface area contributed by atoms with Crippen LogP contribution in [0, 0.1) is 0 Å². The SMILES string of the molecule is Nc1nc2cccnc2[nH]c1=O. The quantitative estimate of drug-likeness (QED) is 0.566. The number of fused-ring (bicyclic) bond motifs is 1. The molecule has 0 aliphatic heterocycles. The molecule has 2 aromatic heterocycles. The van der Waals surface area contributed by atoms with Crippen molar-refractivity contribution in [2.24, 2.45) is 0 Å². The van der Waals surface area contributed by atoms with Gasteiger partial charge in [0.05, 0.1) is 0 Å². The lowest BCUT2D eigenvalue weighted by Crippen LogP contribution is -2.14. The molecule has 0 saturated heterocycles. The van der Waals surface area contributed by atoms with Gasteiger partial charge in [-0.25, -0.2) is 9.97 Å². The molecule has 0 radical (unpaired) electrons. The van der Waals surface area contributed by atoms with E-state index in [0.717, 1.165) is 0 Å². The van der Waals surface area contributed by atoms with Crippen LogP contribution in [0.1, 0.15) is 0 Å². The Labute approximate surface area is 67.3 Å². The van der Waals surface area contributed by atoms with Gasteiger partial charge < -0.3 is 10.7 Å². The molecule has 2 aromatic rings. The number of aromatic amines is 1. The summed E-state index contributed by atoms with van der Waals surface area (Å²) in [4.78, 5) is 21.2. The second-order valence-electron chi connectivity index (χ2n) is 2.32. The molecule has 5 heteroatoms. The number of H-pyrrole nitrogens is 1. The smallest absolute Gasteiger partial charge is 0.292 e. The van der Waals surface area contributed by atoms with Crippen molar-refractivity contribution in [1.82, 2.24) is 15.0 Å². The van der Waals surface area contributed by atoms with Gasteiger partial charge in [0.2, 0.25) is 0 Å². The maximum atomic E-state index is 10.9. The minimum absolute atomic E-state index is 0.0319. The first-order chi connectivity index (χ1) is 5.77. The molecule has 0 unspecified atom stereocenters. The standard InChI is InChI=1S/C7H6N4O/c8-5-7(12)11-6-4(10-5)2-1-3-9-6/h1-3H,(H2,8,10)(H,9,11,12). The second-order valence-corrected chi connectivity index (χ2v) is 2.32. The van der Waals surface area contributed by atoms with Crippen molar-refractivity contribution in [3.63, 3.8) is 0 Å². The van der Waals surface area contributed by atoms with E-state index >= 15 is 0 Å². The highest BCUT2D eigenvalue weighted by Crippen LogP contribution is 2.02.